The molecule has 120 valence electrons. The first-order valence-corrected chi connectivity index (χ1v) is 7.20. The summed E-state index contributed by atoms with van der Waals surface area (Å²) >= 11 is 0. The van der Waals surface area contributed by atoms with Crippen LogP contribution in [0.5, 0.6) is 17.2 Å². The number of phenolic OH excluding ortho intramolecular Hbond substituents is 2. The number of para-hydroxylation sites is 1. The smallest absolute Gasteiger partial charge is 0.244 e. The van der Waals surface area contributed by atoms with Gasteiger partial charge in [-0.2, -0.15) is 0 Å². The monoisotopic (exact) mass is 313 g/mol. The van der Waals surface area contributed by atoms with Crippen LogP contribution in [0.25, 0.3) is 6.08 Å². The third-order valence-electron chi connectivity index (χ3n) is 3.32. The first-order valence-electron chi connectivity index (χ1n) is 7.20. The largest absolute Gasteiger partial charge is 0.508 e. The van der Waals surface area contributed by atoms with Crippen LogP contribution >= 0.6 is 0 Å². The number of nitrogens with one attached hydrogen (secondary N) is 1. The number of benzene rings is 2. The van der Waals surface area contributed by atoms with Gasteiger partial charge in [-0.3, -0.25) is 4.79 Å². The number of methoxy groups -OCH3 is 1. The van der Waals surface area contributed by atoms with Crippen molar-refractivity contribution in [3.05, 3.63) is 59.7 Å². The number of phenols is 2. The molecule has 2 rings (SSSR count). The zero-order chi connectivity index (χ0) is 16.7. The van der Waals surface area contributed by atoms with Gasteiger partial charge in [0, 0.05) is 12.6 Å². The van der Waals surface area contributed by atoms with Crippen molar-refractivity contribution in [2.24, 2.45) is 0 Å². The highest BCUT2D eigenvalue weighted by Crippen LogP contribution is 2.26. The predicted octanol–water partition coefficient (Wildman–Crippen LogP) is 2.48. The van der Waals surface area contributed by atoms with E-state index in [1.165, 1.54) is 19.3 Å². The van der Waals surface area contributed by atoms with Gasteiger partial charge in [0.05, 0.1) is 7.11 Å². The molecular formula is C18H19NO4. The molecule has 0 saturated carbocycles. The molecular weight excluding hydrogens is 294 g/mol. The molecule has 0 aromatic heterocycles. The van der Waals surface area contributed by atoms with Gasteiger partial charge in [-0.25, -0.2) is 0 Å². The van der Waals surface area contributed by atoms with Crippen molar-refractivity contribution < 1.29 is 19.7 Å². The second-order valence-electron chi connectivity index (χ2n) is 4.93. The van der Waals surface area contributed by atoms with Gasteiger partial charge in [-0.15, -0.1) is 0 Å². The van der Waals surface area contributed by atoms with Gasteiger partial charge >= 0.3 is 0 Å². The average Bonchev–Trinajstić information content (AvgIpc) is 2.56. The van der Waals surface area contributed by atoms with E-state index >= 15 is 0 Å². The summed E-state index contributed by atoms with van der Waals surface area (Å²) in [6, 6.07) is 11.9. The van der Waals surface area contributed by atoms with E-state index in [9.17, 15) is 15.0 Å². The first kappa shape index (κ1) is 16.4. The molecule has 0 saturated heterocycles. The van der Waals surface area contributed by atoms with Crippen molar-refractivity contribution in [2.45, 2.75) is 6.42 Å². The van der Waals surface area contributed by atoms with Crippen LogP contribution in [0.2, 0.25) is 0 Å². The number of ether oxygens (including phenoxy) is 1. The van der Waals surface area contributed by atoms with E-state index < -0.39 is 0 Å². The summed E-state index contributed by atoms with van der Waals surface area (Å²) in [5.74, 6) is 0.407. The highest BCUT2D eigenvalue weighted by Gasteiger charge is 2.02. The van der Waals surface area contributed by atoms with E-state index in [4.69, 9.17) is 4.74 Å². The minimum absolute atomic E-state index is 0.0526. The number of rotatable bonds is 6. The van der Waals surface area contributed by atoms with Gasteiger partial charge in [-0.1, -0.05) is 24.3 Å². The Labute approximate surface area is 134 Å². The third-order valence-corrected chi connectivity index (χ3v) is 3.32. The summed E-state index contributed by atoms with van der Waals surface area (Å²) in [6.45, 7) is 0.430. The highest BCUT2D eigenvalue weighted by molar-refractivity contribution is 5.91. The van der Waals surface area contributed by atoms with Gasteiger partial charge in [0.15, 0.2) is 11.5 Å². The van der Waals surface area contributed by atoms with Gasteiger partial charge in [-0.05, 0) is 41.8 Å². The maximum Gasteiger partial charge on any atom is 0.244 e. The molecule has 0 aliphatic heterocycles. The second-order valence-corrected chi connectivity index (χ2v) is 4.93. The fourth-order valence-electron chi connectivity index (χ4n) is 2.07. The molecule has 0 bridgehead atoms. The summed E-state index contributed by atoms with van der Waals surface area (Å²) in [5.41, 5.74) is 1.54. The lowest BCUT2D eigenvalue weighted by Gasteiger charge is -2.05. The van der Waals surface area contributed by atoms with Crippen LogP contribution in [-0.4, -0.2) is 29.8 Å². The molecule has 2 aromatic carbocycles. The quantitative estimate of drug-likeness (QED) is 0.716. The molecule has 23 heavy (non-hydrogen) atoms. The first-order chi connectivity index (χ1) is 11.1. The Morgan fingerprint density at radius 3 is 2.70 bits per heavy atom. The third kappa shape index (κ3) is 4.78. The molecule has 1 amide bonds. The molecule has 0 unspecified atom stereocenters. The van der Waals surface area contributed by atoms with Gasteiger partial charge in [0.2, 0.25) is 5.91 Å². The number of carbonyl (C=O) groups is 1. The van der Waals surface area contributed by atoms with Crippen LogP contribution in [-0.2, 0) is 11.2 Å². The summed E-state index contributed by atoms with van der Waals surface area (Å²) in [7, 11) is 1.47. The number of hydrogen-bond acceptors (Lipinski definition) is 4. The predicted molar refractivity (Wildman–Crippen MR) is 88.5 cm³/mol. The van der Waals surface area contributed by atoms with Crippen LogP contribution in [0.15, 0.2) is 48.5 Å². The number of carbonyl (C=O) groups excluding carboxylic acids is 1. The Balaban J connectivity index is 1.86. The van der Waals surface area contributed by atoms with E-state index in [1.54, 1.807) is 30.3 Å². The highest BCUT2D eigenvalue weighted by atomic mass is 16.5. The lowest BCUT2D eigenvalue weighted by Crippen LogP contribution is -2.23. The second kappa shape index (κ2) is 7.89. The molecule has 2 aromatic rings. The van der Waals surface area contributed by atoms with E-state index in [0.717, 1.165) is 11.1 Å². The van der Waals surface area contributed by atoms with Gasteiger partial charge in [0.1, 0.15) is 5.75 Å². The average molecular weight is 313 g/mol. The van der Waals surface area contributed by atoms with E-state index in [2.05, 4.69) is 5.32 Å². The molecule has 5 nitrogen and oxygen atoms in total. The molecule has 3 N–H and O–H groups in total. The Kier molecular flexibility index (Phi) is 5.63. The van der Waals surface area contributed by atoms with E-state index in [1.807, 2.05) is 12.1 Å². The lowest BCUT2D eigenvalue weighted by molar-refractivity contribution is -0.116. The molecule has 0 aliphatic carbocycles. The van der Waals surface area contributed by atoms with E-state index in [0.29, 0.717) is 18.7 Å². The Hall–Kier alpha value is -2.95. The van der Waals surface area contributed by atoms with Crippen LogP contribution in [0.1, 0.15) is 11.1 Å². The normalized spacial score (nSPS) is 10.7. The van der Waals surface area contributed by atoms with Gasteiger partial charge < -0.3 is 20.3 Å². The van der Waals surface area contributed by atoms with Crippen LogP contribution in [0, 0.1) is 0 Å². The SMILES string of the molecule is COc1cc(/C=C/C(=O)NCCc2ccccc2O)ccc1O. The van der Waals surface area contributed by atoms with Crippen molar-refractivity contribution in [1.82, 2.24) is 5.32 Å². The zero-order valence-electron chi connectivity index (χ0n) is 12.8. The Morgan fingerprint density at radius 2 is 1.96 bits per heavy atom. The molecule has 0 atom stereocenters. The number of amides is 1. The van der Waals surface area contributed by atoms with Crippen molar-refractivity contribution >= 4 is 12.0 Å². The number of aromatic hydroxyl groups is 2. The molecule has 0 spiro atoms. The maximum absolute atomic E-state index is 11.8. The number of hydrogen-bond donors (Lipinski definition) is 3. The summed E-state index contributed by atoms with van der Waals surface area (Å²) in [4.78, 5) is 11.8. The topological polar surface area (TPSA) is 78.8 Å². The molecule has 0 aliphatic rings. The van der Waals surface area contributed by atoms with E-state index in [-0.39, 0.29) is 17.4 Å². The van der Waals surface area contributed by atoms with Crippen molar-refractivity contribution in [2.75, 3.05) is 13.7 Å². The Bertz CT molecular complexity index is 710. The van der Waals surface area contributed by atoms with Crippen molar-refractivity contribution in [1.29, 1.82) is 0 Å². The zero-order valence-corrected chi connectivity index (χ0v) is 12.8. The van der Waals surface area contributed by atoms with Crippen LogP contribution in [0.4, 0.5) is 0 Å². The summed E-state index contributed by atoms with van der Waals surface area (Å²) in [5, 5.41) is 21.9. The molecule has 0 fully saturated rings. The summed E-state index contributed by atoms with van der Waals surface area (Å²) < 4.78 is 5.01. The van der Waals surface area contributed by atoms with Gasteiger partial charge in [0.25, 0.3) is 0 Å². The van der Waals surface area contributed by atoms with Crippen LogP contribution in [0.3, 0.4) is 0 Å². The molecule has 0 radical (unpaired) electrons. The maximum atomic E-state index is 11.8. The fourth-order valence-corrected chi connectivity index (χ4v) is 2.07. The summed E-state index contributed by atoms with van der Waals surface area (Å²) in [6.07, 6.45) is 3.60. The Morgan fingerprint density at radius 1 is 1.17 bits per heavy atom. The molecule has 0 heterocycles. The minimum Gasteiger partial charge on any atom is -0.508 e. The van der Waals surface area contributed by atoms with Crippen LogP contribution < -0.4 is 10.1 Å². The molecule has 5 heteroatoms. The lowest BCUT2D eigenvalue weighted by atomic mass is 10.1. The standard InChI is InChI=1S/C18H19NO4/c1-23-17-12-13(6-8-16(17)21)7-9-18(22)19-11-10-14-4-2-3-5-15(14)20/h2-9,12,20-21H,10-11H2,1H3,(H,19,22)/b9-7+. The minimum atomic E-state index is -0.229. The van der Waals surface area contributed by atoms with Crippen molar-refractivity contribution in [3.63, 3.8) is 0 Å². The fraction of sp³-hybridized carbons (Fsp3) is 0.167. The van der Waals surface area contributed by atoms with Crippen molar-refractivity contribution in [3.8, 4) is 17.2 Å².